The number of methoxy groups -OCH3 is 1. The second kappa shape index (κ2) is 9.40. The zero-order valence-electron chi connectivity index (χ0n) is 20.3. The number of pyridine rings is 1. The number of piperazine rings is 1. The van der Waals surface area contributed by atoms with Crippen LogP contribution >= 0.6 is 0 Å². The van der Waals surface area contributed by atoms with E-state index >= 15 is 0 Å². The normalized spacial score (nSPS) is 18.3. The van der Waals surface area contributed by atoms with Gasteiger partial charge in [-0.15, -0.1) is 0 Å². The largest absolute Gasteiger partial charge is 0.497 e. The summed E-state index contributed by atoms with van der Waals surface area (Å²) in [5, 5.41) is 4.71. The van der Waals surface area contributed by atoms with Crippen molar-refractivity contribution in [1.29, 1.82) is 0 Å². The first-order valence-corrected chi connectivity index (χ1v) is 11.9. The third kappa shape index (κ3) is 4.34. The zero-order valence-corrected chi connectivity index (χ0v) is 20.3. The van der Waals surface area contributed by atoms with Gasteiger partial charge in [-0.1, -0.05) is 12.1 Å². The lowest BCUT2D eigenvalue weighted by Crippen LogP contribution is -2.51. The fourth-order valence-electron chi connectivity index (χ4n) is 5.10. The molecule has 1 unspecified atom stereocenters. The molecule has 182 valence electrons. The van der Waals surface area contributed by atoms with Crippen LogP contribution in [-0.4, -0.2) is 71.3 Å². The quantitative estimate of drug-likeness (QED) is 0.565. The summed E-state index contributed by atoms with van der Waals surface area (Å²) in [6.07, 6.45) is 2.00. The molecule has 4 heterocycles. The van der Waals surface area contributed by atoms with Crippen molar-refractivity contribution in [1.82, 2.24) is 19.7 Å². The molecule has 9 nitrogen and oxygen atoms in total. The van der Waals surface area contributed by atoms with E-state index in [9.17, 15) is 9.59 Å². The van der Waals surface area contributed by atoms with Crippen molar-refractivity contribution in [3.63, 3.8) is 0 Å². The first kappa shape index (κ1) is 22.9. The molecule has 2 fully saturated rings. The van der Waals surface area contributed by atoms with Crippen molar-refractivity contribution >= 4 is 23.2 Å². The maximum Gasteiger partial charge on any atom is 0.228 e. The summed E-state index contributed by atoms with van der Waals surface area (Å²) in [5.74, 6) is 1.19. The van der Waals surface area contributed by atoms with Crippen LogP contribution in [0, 0.1) is 19.8 Å². The smallest absolute Gasteiger partial charge is 0.228 e. The van der Waals surface area contributed by atoms with E-state index in [2.05, 4.69) is 16.8 Å². The lowest BCUT2D eigenvalue weighted by molar-refractivity contribution is -0.136. The predicted molar refractivity (Wildman–Crippen MR) is 133 cm³/mol. The van der Waals surface area contributed by atoms with Crippen molar-refractivity contribution < 1.29 is 14.3 Å². The molecule has 2 aliphatic heterocycles. The minimum Gasteiger partial charge on any atom is -0.497 e. The third-order valence-corrected chi connectivity index (χ3v) is 6.87. The van der Waals surface area contributed by atoms with Crippen molar-refractivity contribution in [2.24, 2.45) is 5.92 Å². The fourth-order valence-corrected chi connectivity index (χ4v) is 5.10. The van der Waals surface area contributed by atoms with E-state index in [0.717, 1.165) is 41.7 Å². The number of benzene rings is 1. The molecule has 0 aliphatic carbocycles. The maximum atomic E-state index is 13.3. The van der Waals surface area contributed by atoms with Gasteiger partial charge in [0.05, 0.1) is 30.1 Å². The standard InChI is InChI=1S/C26H30N6O3/c1-18-25(19(2)32(28-18)23-9-4-5-10-27-23)29-11-13-30(14-12-29)26(34)20-15-24(33)31(17-20)21-7-6-8-22(16-21)35-3/h4-10,16,20H,11-15,17H2,1-3H3. The lowest BCUT2D eigenvalue weighted by atomic mass is 10.1. The summed E-state index contributed by atoms with van der Waals surface area (Å²) in [6, 6.07) is 13.2. The second-order valence-electron chi connectivity index (χ2n) is 9.04. The molecule has 2 aromatic heterocycles. The molecule has 1 atom stereocenters. The minimum atomic E-state index is -0.323. The van der Waals surface area contributed by atoms with E-state index in [4.69, 9.17) is 9.84 Å². The van der Waals surface area contributed by atoms with Crippen LogP contribution in [0.15, 0.2) is 48.7 Å². The van der Waals surface area contributed by atoms with Gasteiger partial charge >= 0.3 is 0 Å². The molecular formula is C26H30N6O3. The number of anilines is 2. The number of hydrogen-bond donors (Lipinski definition) is 0. The molecule has 35 heavy (non-hydrogen) atoms. The number of carbonyl (C=O) groups excluding carboxylic acids is 2. The van der Waals surface area contributed by atoms with Gasteiger partial charge in [0.15, 0.2) is 5.82 Å². The van der Waals surface area contributed by atoms with Crippen molar-refractivity contribution in [3.8, 4) is 11.6 Å². The van der Waals surface area contributed by atoms with E-state index in [0.29, 0.717) is 25.4 Å². The van der Waals surface area contributed by atoms with Gasteiger partial charge in [0.25, 0.3) is 0 Å². The zero-order chi connectivity index (χ0) is 24.5. The van der Waals surface area contributed by atoms with Crippen LogP contribution in [0.4, 0.5) is 11.4 Å². The number of hydrogen-bond acceptors (Lipinski definition) is 6. The molecule has 0 radical (unpaired) electrons. The number of amides is 2. The highest BCUT2D eigenvalue weighted by molar-refractivity contribution is 6.00. The van der Waals surface area contributed by atoms with Crippen LogP contribution in [-0.2, 0) is 9.59 Å². The van der Waals surface area contributed by atoms with E-state index in [-0.39, 0.29) is 24.2 Å². The Morgan fingerprint density at radius 3 is 2.57 bits per heavy atom. The Morgan fingerprint density at radius 1 is 1.06 bits per heavy atom. The SMILES string of the molecule is COc1cccc(N2CC(C(=O)N3CCN(c4c(C)nn(-c5ccccn5)c4C)CC3)CC2=O)c1. The van der Waals surface area contributed by atoms with Crippen LogP contribution in [0.1, 0.15) is 17.8 Å². The van der Waals surface area contributed by atoms with Crippen LogP contribution < -0.4 is 14.5 Å². The van der Waals surface area contributed by atoms with Gasteiger partial charge in [0.1, 0.15) is 5.75 Å². The number of rotatable bonds is 5. The molecule has 0 N–H and O–H groups in total. The Balaban J connectivity index is 1.24. The van der Waals surface area contributed by atoms with E-state index in [1.165, 1.54) is 0 Å². The lowest BCUT2D eigenvalue weighted by Gasteiger charge is -2.37. The monoisotopic (exact) mass is 474 g/mol. The van der Waals surface area contributed by atoms with Gasteiger partial charge in [-0.3, -0.25) is 9.59 Å². The Morgan fingerprint density at radius 2 is 1.86 bits per heavy atom. The van der Waals surface area contributed by atoms with E-state index in [1.807, 2.05) is 59.0 Å². The summed E-state index contributed by atoms with van der Waals surface area (Å²) in [6.45, 7) is 7.16. The fraction of sp³-hybridized carbons (Fsp3) is 0.385. The minimum absolute atomic E-state index is 0.0246. The Labute approximate surface area is 204 Å². The highest BCUT2D eigenvalue weighted by atomic mass is 16.5. The third-order valence-electron chi connectivity index (χ3n) is 6.87. The predicted octanol–water partition coefficient (Wildman–Crippen LogP) is 2.59. The molecule has 9 heteroatoms. The molecule has 2 aliphatic rings. The number of nitrogens with zero attached hydrogens (tertiary/aromatic N) is 6. The number of ether oxygens (including phenoxy) is 1. The van der Waals surface area contributed by atoms with Gasteiger partial charge < -0.3 is 19.4 Å². The summed E-state index contributed by atoms with van der Waals surface area (Å²) in [5.41, 5.74) is 3.85. The first-order valence-electron chi connectivity index (χ1n) is 11.9. The van der Waals surface area contributed by atoms with Gasteiger partial charge in [-0.05, 0) is 38.1 Å². The molecule has 2 amide bonds. The molecule has 2 saturated heterocycles. The number of carbonyl (C=O) groups is 2. The molecule has 5 rings (SSSR count). The first-order chi connectivity index (χ1) is 17.0. The van der Waals surface area contributed by atoms with Gasteiger partial charge in [0, 0.05) is 57.1 Å². The van der Waals surface area contributed by atoms with Crippen molar-refractivity contribution in [2.45, 2.75) is 20.3 Å². The summed E-state index contributed by atoms with van der Waals surface area (Å²) in [7, 11) is 1.60. The van der Waals surface area contributed by atoms with Crippen LogP contribution in [0.25, 0.3) is 5.82 Å². The molecular weight excluding hydrogens is 444 g/mol. The molecule has 0 spiro atoms. The van der Waals surface area contributed by atoms with E-state index < -0.39 is 0 Å². The Bertz CT molecular complexity index is 1230. The van der Waals surface area contributed by atoms with Gasteiger partial charge in [-0.25, -0.2) is 9.67 Å². The van der Waals surface area contributed by atoms with Crippen LogP contribution in [0.3, 0.4) is 0 Å². The Hall–Kier alpha value is -3.88. The highest BCUT2D eigenvalue weighted by Crippen LogP contribution is 2.30. The van der Waals surface area contributed by atoms with Gasteiger partial charge in [-0.2, -0.15) is 5.10 Å². The van der Waals surface area contributed by atoms with Crippen molar-refractivity contribution in [2.75, 3.05) is 49.6 Å². The molecule has 1 aromatic carbocycles. The average Bonchev–Trinajstić information content (AvgIpc) is 3.43. The van der Waals surface area contributed by atoms with E-state index in [1.54, 1.807) is 18.2 Å². The van der Waals surface area contributed by atoms with Crippen LogP contribution in [0.5, 0.6) is 5.75 Å². The average molecular weight is 475 g/mol. The second-order valence-corrected chi connectivity index (χ2v) is 9.04. The van der Waals surface area contributed by atoms with Gasteiger partial charge in [0.2, 0.25) is 11.8 Å². The summed E-state index contributed by atoms with van der Waals surface area (Å²) in [4.78, 5) is 36.3. The Kier molecular flexibility index (Phi) is 6.15. The molecule has 0 saturated carbocycles. The molecule has 3 aromatic rings. The van der Waals surface area contributed by atoms with Crippen molar-refractivity contribution in [3.05, 3.63) is 60.0 Å². The maximum absolute atomic E-state index is 13.3. The number of aromatic nitrogens is 3. The summed E-state index contributed by atoms with van der Waals surface area (Å²) >= 11 is 0. The number of aryl methyl sites for hydroxylation is 1. The topological polar surface area (TPSA) is 83.8 Å². The van der Waals surface area contributed by atoms with Crippen LogP contribution in [0.2, 0.25) is 0 Å². The highest BCUT2D eigenvalue weighted by Gasteiger charge is 2.38. The summed E-state index contributed by atoms with van der Waals surface area (Å²) < 4.78 is 7.16. The molecule has 0 bridgehead atoms.